The molecule has 1 rings (SSSR count). The van der Waals surface area contributed by atoms with Crippen molar-refractivity contribution in [1.29, 1.82) is 0 Å². The summed E-state index contributed by atoms with van der Waals surface area (Å²) in [6.45, 7) is 2.92. The summed E-state index contributed by atoms with van der Waals surface area (Å²) in [5.74, 6) is 0. The van der Waals surface area contributed by atoms with Crippen molar-refractivity contribution in [2.24, 2.45) is 0 Å². The van der Waals surface area contributed by atoms with Crippen molar-refractivity contribution in [1.82, 2.24) is 0 Å². The summed E-state index contributed by atoms with van der Waals surface area (Å²) < 4.78 is 15.9. The highest BCUT2D eigenvalue weighted by molar-refractivity contribution is 4.88. The largest absolute Gasteiger partial charge is 0.394 e. The zero-order valence-electron chi connectivity index (χ0n) is 12.6. The van der Waals surface area contributed by atoms with Crippen LogP contribution in [0.25, 0.3) is 0 Å². The van der Waals surface area contributed by atoms with Gasteiger partial charge in [-0.25, -0.2) is 0 Å². The van der Waals surface area contributed by atoms with Gasteiger partial charge < -0.3 is 34.6 Å². The molecule has 0 aromatic carbocycles. The fourth-order valence-corrected chi connectivity index (χ4v) is 2.16. The number of rotatable bonds is 10. The highest BCUT2D eigenvalue weighted by Gasteiger charge is 2.43. The van der Waals surface area contributed by atoms with Crippen LogP contribution >= 0.6 is 0 Å². The van der Waals surface area contributed by atoms with Crippen molar-refractivity contribution in [3.05, 3.63) is 0 Å². The van der Waals surface area contributed by atoms with E-state index in [4.69, 9.17) is 19.3 Å². The summed E-state index contributed by atoms with van der Waals surface area (Å²) in [7, 11) is 0. The monoisotopic (exact) mass is 308 g/mol. The first kappa shape index (κ1) is 18.8. The summed E-state index contributed by atoms with van der Waals surface area (Å²) in [6, 6.07) is 0. The molecule has 0 aromatic rings. The van der Waals surface area contributed by atoms with Crippen molar-refractivity contribution < 1.29 is 34.6 Å². The third-order valence-corrected chi connectivity index (χ3v) is 3.50. The zero-order valence-corrected chi connectivity index (χ0v) is 12.6. The second-order valence-corrected chi connectivity index (χ2v) is 5.24. The van der Waals surface area contributed by atoms with Crippen molar-refractivity contribution in [3.63, 3.8) is 0 Å². The Bertz CT molecular complexity index is 262. The van der Waals surface area contributed by atoms with E-state index in [1.165, 1.54) is 12.8 Å². The smallest absolute Gasteiger partial charge is 0.186 e. The minimum atomic E-state index is -1.41. The van der Waals surface area contributed by atoms with E-state index in [9.17, 15) is 15.3 Å². The predicted octanol–water partition coefficient (Wildman–Crippen LogP) is -0.600. The van der Waals surface area contributed by atoms with Crippen LogP contribution in [-0.4, -0.2) is 77.6 Å². The Morgan fingerprint density at radius 3 is 2.33 bits per heavy atom. The molecule has 1 heterocycles. The molecule has 0 saturated carbocycles. The van der Waals surface area contributed by atoms with E-state index in [1.807, 2.05) is 0 Å². The molecule has 1 aliphatic heterocycles. The van der Waals surface area contributed by atoms with Crippen LogP contribution in [0.3, 0.4) is 0 Å². The minimum Gasteiger partial charge on any atom is -0.394 e. The van der Waals surface area contributed by atoms with Gasteiger partial charge in [-0.15, -0.1) is 0 Å². The van der Waals surface area contributed by atoms with Crippen molar-refractivity contribution in [2.45, 2.75) is 63.3 Å². The molecular formula is C14H28O7. The average Bonchev–Trinajstić information content (AvgIpc) is 2.49. The Morgan fingerprint density at radius 1 is 0.905 bits per heavy atom. The molecule has 0 radical (unpaired) electrons. The normalized spacial score (nSPS) is 33.3. The molecule has 0 bridgehead atoms. The van der Waals surface area contributed by atoms with Gasteiger partial charge in [0.25, 0.3) is 0 Å². The Balaban J connectivity index is 2.16. The van der Waals surface area contributed by atoms with Crippen LogP contribution in [0.5, 0.6) is 0 Å². The Kier molecular flexibility index (Phi) is 9.34. The number of hydrogen-bond acceptors (Lipinski definition) is 7. The third kappa shape index (κ3) is 6.15. The molecule has 5 atom stereocenters. The van der Waals surface area contributed by atoms with Crippen LogP contribution < -0.4 is 0 Å². The summed E-state index contributed by atoms with van der Waals surface area (Å²) >= 11 is 0. The Hall–Kier alpha value is -0.280. The lowest BCUT2D eigenvalue weighted by molar-refractivity contribution is -0.302. The quantitative estimate of drug-likeness (QED) is 0.399. The van der Waals surface area contributed by atoms with E-state index in [2.05, 4.69) is 6.92 Å². The maximum absolute atomic E-state index is 9.74. The zero-order chi connectivity index (χ0) is 15.7. The van der Waals surface area contributed by atoms with Crippen LogP contribution in [0.15, 0.2) is 0 Å². The van der Waals surface area contributed by atoms with E-state index >= 15 is 0 Å². The van der Waals surface area contributed by atoms with Gasteiger partial charge in [-0.2, -0.15) is 0 Å². The van der Waals surface area contributed by atoms with Crippen molar-refractivity contribution in [3.8, 4) is 0 Å². The molecule has 126 valence electrons. The van der Waals surface area contributed by atoms with E-state index in [0.29, 0.717) is 13.2 Å². The molecule has 7 heteroatoms. The van der Waals surface area contributed by atoms with E-state index in [0.717, 1.165) is 12.8 Å². The van der Waals surface area contributed by atoms with E-state index < -0.39 is 37.3 Å². The van der Waals surface area contributed by atoms with Crippen LogP contribution in [-0.2, 0) is 14.2 Å². The third-order valence-electron chi connectivity index (χ3n) is 3.50. The summed E-state index contributed by atoms with van der Waals surface area (Å²) in [6.07, 6.45) is -1.61. The lowest BCUT2D eigenvalue weighted by Crippen LogP contribution is -2.59. The highest BCUT2D eigenvalue weighted by Crippen LogP contribution is 2.21. The molecule has 0 amide bonds. The maximum atomic E-state index is 9.74. The molecule has 2 unspecified atom stereocenters. The molecule has 1 aliphatic rings. The van der Waals surface area contributed by atoms with Crippen LogP contribution in [0.2, 0.25) is 0 Å². The molecule has 21 heavy (non-hydrogen) atoms. The van der Waals surface area contributed by atoms with Gasteiger partial charge in [0.1, 0.15) is 24.4 Å². The van der Waals surface area contributed by atoms with Gasteiger partial charge in [0.05, 0.1) is 19.8 Å². The number of ether oxygens (including phenoxy) is 3. The molecule has 1 saturated heterocycles. The lowest BCUT2D eigenvalue weighted by Gasteiger charge is -2.39. The van der Waals surface area contributed by atoms with Gasteiger partial charge in [0.15, 0.2) is 6.29 Å². The van der Waals surface area contributed by atoms with Crippen molar-refractivity contribution >= 4 is 0 Å². The molecular weight excluding hydrogens is 280 g/mol. The van der Waals surface area contributed by atoms with Gasteiger partial charge in [0, 0.05) is 6.61 Å². The van der Waals surface area contributed by atoms with Crippen LogP contribution in [0.1, 0.15) is 32.6 Å². The van der Waals surface area contributed by atoms with E-state index in [-0.39, 0.29) is 6.61 Å². The first-order chi connectivity index (χ1) is 10.1. The number of aliphatic hydroxyl groups excluding tert-OH is 4. The second-order valence-electron chi connectivity index (χ2n) is 5.24. The number of hydrogen-bond donors (Lipinski definition) is 4. The van der Waals surface area contributed by atoms with Gasteiger partial charge in [-0.05, 0) is 6.42 Å². The topological polar surface area (TPSA) is 109 Å². The van der Waals surface area contributed by atoms with Gasteiger partial charge >= 0.3 is 0 Å². The summed E-state index contributed by atoms with van der Waals surface area (Å²) in [5, 5.41) is 38.0. The minimum absolute atomic E-state index is 0.205. The molecule has 4 N–H and O–H groups in total. The standard InChI is InChI=1S/C14H28O7/c1-2-3-4-5-6-19-7-8-20-14-13(18)12(17)11(16)10(9-15)21-14/h10-18H,2-9H2,1H3/t10?,11-,12?,13+,14-/m1/s1. The van der Waals surface area contributed by atoms with Crippen LogP contribution in [0.4, 0.5) is 0 Å². The van der Waals surface area contributed by atoms with Gasteiger partial charge in [-0.3, -0.25) is 0 Å². The summed E-state index contributed by atoms with van der Waals surface area (Å²) in [4.78, 5) is 0. The molecule has 7 nitrogen and oxygen atoms in total. The molecule has 0 aliphatic carbocycles. The first-order valence-electron chi connectivity index (χ1n) is 7.61. The second kappa shape index (κ2) is 10.4. The maximum Gasteiger partial charge on any atom is 0.186 e. The first-order valence-corrected chi connectivity index (χ1v) is 7.61. The number of aliphatic hydroxyl groups is 4. The van der Waals surface area contributed by atoms with Crippen molar-refractivity contribution in [2.75, 3.05) is 26.4 Å². The van der Waals surface area contributed by atoms with E-state index in [1.54, 1.807) is 0 Å². The highest BCUT2D eigenvalue weighted by atomic mass is 16.7. The predicted molar refractivity (Wildman–Crippen MR) is 74.7 cm³/mol. The number of unbranched alkanes of at least 4 members (excludes halogenated alkanes) is 3. The Morgan fingerprint density at radius 2 is 1.67 bits per heavy atom. The average molecular weight is 308 g/mol. The van der Waals surface area contributed by atoms with Gasteiger partial charge in [0.2, 0.25) is 0 Å². The lowest BCUT2D eigenvalue weighted by atomic mass is 9.99. The SMILES string of the molecule is CCCCCCOCCO[C@@H]1OC(CO)[C@@H](O)C(O)[C@@H]1O. The van der Waals surface area contributed by atoms with Gasteiger partial charge in [-0.1, -0.05) is 26.2 Å². The fourth-order valence-electron chi connectivity index (χ4n) is 2.16. The molecule has 1 fully saturated rings. The van der Waals surface area contributed by atoms with Crippen LogP contribution in [0, 0.1) is 0 Å². The molecule has 0 spiro atoms. The summed E-state index contributed by atoms with van der Waals surface area (Å²) in [5.41, 5.74) is 0. The molecule has 0 aromatic heterocycles. The Labute approximate surface area is 125 Å². The fraction of sp³-hybridized carbons (Fsp3) is 1.00.